The van der Waals surface area contributed by atoms with Gasteiger partial charge in [-0.3, -0.25) is 4.90 Å². The summed E-state index contributed by atoms with van der Waals surface area (Å²) in [4.78, 5) is 9.39. The van der Waals surface area contributed by atoms with E-state index in [1.54, 1.807) is 11.3 Å². The number of nitrogens with zero attached hydrogens (tertiary/aromatic N) is 3. The van der Waals surface area contributed by atoms with E-state index in [1.807, 2.05) is 6.20 Å². The van der Waals surface area contributed by atoms with Crippen LogP contribution < -0.4 is 5.32 Å². The van der Waals surface area contributed by atoms with Crippen molar-refractivity contribution in [3.8, 4) is 0 Å². The lowest BCUT2D eigenvalue weighted by Gasteiger charge is -2.42. The highest BCUT2D eigenvalue weighted by atomic mass is 32.1. The number of likely N-dealkylation sites (N-methyl/N-ethyl adjacent to an activating group) is 2. The van der Waals surface area contributed by atoms with Crippen molar-refractivity contribution >= 4 is 11.3 Å². The molecule has 2 atom stereocenters. The highest BCUT2D eigenvalue weighted by Crippen LogP contribution is 2.15. The minimum atomic E-state index is 0.499. The van der Waals surface area contributed by atoms with Gasteiger partial charge in [-0.2, -0.15) is 0 Å². The molecule has 1 fully saturated rings. The lowest BCUT2D eigenvalue weighted by Crippen LogP contribution is -2.59. The molecule has 2 unspecified atom stereocenters. The topological polar surface area (TPSA) is 31.4 Å². The summed E-state index contributed by atoms with van der Waals surface area (Å²) < 4.78 is 0. The van der Waals surface area contributed by atoms with Crippen LogP contribution in [0.3, 0.4) is 0 Å². The Morgan fingerprint density at radius 3 is 3.00 bits per heavy atom. The van der Waals surface area contributed by atoms with Crippen LogP contribution in [0.5, 0.6) is 0 Å². The van der Waals surface area contributed by atoms with E-state index in [0.717, 1.165) is 26.1 Å². The van der Waals surface area contributed by atoms with Crippen molar-refractivity contribution in [2.45, 2.75) is 31.8 Å². The van der Waals surface area contributed by atoms with Gasteiger partial charge in [0.15, 0.2) is 0 Å². The monoisotopic (exact) mass is 282 g/mol. The second-order valence-electron chi connectivity index (χ2n) is 5.50. The second-order valence-corrected chi connectivity index (χ2v) is 6.48. The highest BCUT2D eigenvalue weighted by Gasteiger charge is 2.29. The molecule has 0 aromatic carbocycles. The normalized spacial score (nSPS) is 23.6. The first kappa shape index (κ1) is 14.9. The lowest BCUT2D eigenvalue weighted by atomic mass is 10.0. The third-order valence-electron chi connectivity index (χ3n) is 3.90. The molecule has 2 heterocycles. The van der Waals surface area contributed by atoms with Crippen LogP contribution >= 0.6 is 11.3 Å². The molecule has 1 N–H and O–H groups in total. The van der Waals surface area contributed by atoms with E-state index >= 15 is 0 Å². The number of aromatic nitrogens is 1. The zero-order chi connectivity index (χ0) is 13.7. The summed E-state index contributed by atoms with van der Waals surface area (Å²) in [6.45, 7) is 6.78. The highest BCUT2D eigenvalue weighted by molar-refractivity contribution is 7.09. The average molecular weight is 282 g/mol. The fourth-order valence-corrected chi connectivity index (χ4v) is 3.37. The number of hydrogen-bond acceptors (Lipinski definition) is 5. The summed E-state index contributed by atoms with van der Waals surface area (Å²) in [5, 5.41) is 7.04. The smallest absolute Gasteiger partial charge is 0.0940 e. The van der Waals surface area contributed by atoms with Crippen LogP contribution in [0.15, 0.2) is 11.6 Å². The summed E-state index contributed by atoms with van der Waals surface area (Å²) in [7, 11) is 4.47. The summed E-state index contributed by atoms with van der Waals surface area (Å²) >= 11 is 1.77. The van der Waals surface area contributed by atoms with E-state index in [1.165, 1.54) is 18.0 Å². The number of piperazine rings is 1. The number of thiazole rings is 1. The van der Waals surface area contributed by atoms with Crippen LogP contribution in [0.4, 0.5) is 0 Å². The molecular weight excluding hydrogens is 256 g/mol. The maximum absolute atomic E-state index is 4.45. The third-order valence-corrected chi connectivity index (χ3v) is 4.70. The second kappa shape index (κ2) is 7.33. The Balaban J connectivity index is 2.02. The molecule has 19 heavy (non-hydrogen) atoms. The van der Waals surface area contributed by atoms with Crippen LogP contribution in [0, 0.1) is 0 Å². The molecule has 0 aliphatic carbocycles. The van der Waals surface area contributed by atoms with E-state index in [2.05, 4.69) is 46.5 Å². The summed E-state index contributed by atoms with van der Waals surface area (Å²) in [5.74, 6) is 0. The molecule has 0 bridgehead atoms. The molecule has 1 aliphatic heterocycles. The van der Waals surface area contributed by atoms with Gasteiger partial charge >= 0.3 is 0 Å². The molecule has 1 aliphatic rings. The fourth-order valence-electron chi connectivity index (χ4n) is 2.69. The summed E-state index contributed by atoms with van der Waals surface area (Å²) in [6.07, 6.45) is 4.13. The largest absolute Gasteiger partial charge is 0.312 e. The van der Waals surface area contributed by atoms with Gasteiger partial charge in [0.2, 0.25) is 0 Å². The summed E-state index contributed by atoms with van der Waals surface area (Å²) in [6, 6.07) is 1.08. The molecule has 2 rings (SSSR count). The number of nitrogens with one attached hydrogen (secondary N) is 1. The number of rotatable bonds is 6. The standard InChI is InChI=1S/C14H26N4S/c1-4-5-15-12(10-14-16-6-9-19-14)13-11-17(2)7-8-18(13)3/h6,9,12-13,15H,4-5,7-8,10-11H2,1-3H3. The molecule has 1 saturated heterocycles. The fraction of sp³-hybridized carbons (Fsp3) is 0.786. The molecule has 0 amide bonds. The molecule has 0 radical (unpaired) electrons. The van der Waals surface area contributed by atoms with E-state index in [9.17, 15) is 0 Å². The predicted octanol–water partition coefficient (Wildman–Crippen LogP) is 1.30. The quantitative estimate of drug-likeness (QED) is 0.852. The van der Waals surface area contributed by atoms with Crippen molar-refractivity contribution in [3.63, 3.8) is 0 Å². The number of hydrogen-bond donors (Lipinski definition) is 1. The third kappa shape index (κ3) is 4.24. The Hall–Kier alpha value is -0.490. The van der Waals surface area contributed by atoms with Gasteiger partial charge in [0.05, 0.1) is 5.01 Å². The van der Waals surface area contributed by atoms with Crippen molar-refractivity contribution in [3.05, 3.63) is 16.6 Å². The first-order valence-electron chi connectivity index (χ1n) is 7.21. The van der Waals surface area contributed by atoms with Gasteiger partial charge in [0, 0.05) is 49.7 Å². The van der Waals surface area contributed by atoms with Gasteiger partial charge < -0.3 is 10.2 Å². The Morgan fingerprint density at radius 2 is 2.32 bits per heavy atom. The lowest BCUT2D eigenvalue weighted by molar-refractivity contribution is 0.0876. The van der Waals surface area contributed by atoms with E-state index in [0.29, 0.717) is 12.1 Å². The van der Waals surface area contributed by atoms with Gasteiger partial charge in [0.25, 0.3) is 0 Å². The first-order valence-corrected chi connectivity index (χ1v) is 8.09. The molecule has 5 heteroatoms. The molecule has 0 spiro atoms. The Bertz CT molecular complexity index is 354. The molecule has 4 nitrogen and oxygen atoms in total. The van der Waals surface area contributed by atoms with Crippen LogP contribution in [0.2, 0.25) is 0 Å². The van der Waals surface area contributed by atoms with Crippen LogP contribution in [-0.4, -0.2) is 67.1 Å². The minimum absolute atomic E-state index is 0.499. The van der Waals surface area contributed by atoms with Gasteiger partial charge in [-0.25, -0.2) is 4.98 Å². The van der Waals surface area contributed by atoms with Gasteiger partial charge in [-0.05, 0) is 27.1 Å². The molecule has 108 valence electrons. The van der Waals surface area contributed by atoms with Crippen molar-refractivity contribution in [2.75, 3.05) is 40.3 Å². The van der Waals surface area contributed by atoms with Crippen molar-refractivity contribution in [1.82, 2.24) is 20.1 Å². The zero-order valence-electron chi connectivity index (χ0n) is 12.3. The Morgan fingerprint density at radius 1 is 1.47 bits per heavy atom. The van der Waals surface area contributed by atoms with Crippen LogP contribution in [0.25, 0.3) is 0 Å². The molecule has 0 saturated carbocycles. The SMILES string of the molecule is CCCNC(Cc1nccs1)C1CN(C)CCN1C. The molecule has 1 aromatic rings. The first-order chi connectivity index (χ1) is 9.20. The van der Waals surface area contributed by atoms with Crippen LogP contribution in [-0.2, 0) is 6.42 Å². The van der Waals surface area contributed by atoms with Crippen molar-refractivity contribution in [2.24, 2.45) is 0 Å². The van der Waals surface area contributed by atoms with E-state index < -0.39 is 0 Å². The van der Waals surface area contributed by atoms with Crippen molar-refractivity contribution in [1.29, 1.82) is 0 Å². The Labute approximate surface area is 120 Å². The van der Waals surface area contributed by atoms with Gasteiger partial charge in [-0.15, -0.1) is 11.3 Å². The Kier molecular flexibility index (Phi) is 5.76. The average Bonchev–Trinajstić information content (AvgIpc) is 2.90. The molecule has 1 aromatic heterocycles. The van der Waals surface area contributed by atoms with E-state index in [4.69, 9.17) is 0 Å². The maximum atomic E-state index is 4.45. The maximum Gasteiger partial charge on any atom is 0.0940 e. The van der Waals surface area contributed by atoms with Gasteiger partial charge in [-0.1, -0.05) is 6.92 Å². The zero-order valence-corrected chi connectivity index (χ0v) is 13.1. The summed E-state index contributed by atoms with van der Waals surface area (Å²) in [5.41, 5.74) is 0. The van der Waals surface area contributed by atoms with Crippen molar-refractivity contribution < 1.29 is 0 Å². The van der Waals surface area contributed by atoms with Gasteiger partial charge in [0.1, 0.15) is 0 Å². The van der Waals surface area contributed by atoms with Crippen LogP contribution in [0.1, 0.15) is 18.4 Å². The van der Waals surface area contributed by atoms with E-state index in [-0.39, 0.29) is 0 Å². The minimum Gasteiger partial charge on any atom is -0.312 e. The molecular formula is C14H26N4S. The predicted molar refractivity (Wildman–Crippen MR) is 81.8 cm³/mol.